The molecule has 2 saturated heterocycles. The van der Waals surface area contributed by atoms with Gasteiger partial charge in [-0.3, -0.25) is 0 Å². The van der Waals surface area contributed by atoms with Gasteiger partial charge in [-0.1, -0.05) is 11.6 Å². The van der Waals surface area contributed by atoms with Crippen molar-refractivity contribution in [2.24, 2.45) is 0 Å². The van der Waals surface area contributed by atoms with Crippen LogP contribution in [0.2, 0.25) is 0 Å². The van der Waals surface area contributed by atoms with Crippen molar-refractivity contribution >= 4 is 0 Å². The Morgan fingerprint density at radius 3 is 2.90 bits per heavy atom. The number of hydrogen-bond donors (Lipinski definition) is 1. The standard InChI is InChI=1S/C14H23N3O3/c1-2-19-14(6-9-18-10-7-14)13-16-12(20-17-13)11-5-3-4-8-15-11/h11,15H,2-10H2,1H3/t11-/m0/s1. The summed E-state index contributed by atoms with van der Waals surface area (Å²) in [5, 5.41) is 7.63. The van der Waals surface area contributed by atoms with E-state index < -0.39 is 5.60 Å². The van der Waals surface area contributed by atoms with Crippen molar-refractivity contribution in [1.82, 2.24) is 15.5 Å². The second-order valence-corrected chi connectivity index (χ2v) is 5.50. The van der Waals surface area contributed by atoms with Gasteiger partial charge in [-0.2, -0.15) is 4.98 Å². The molecule has 0 aliphatic carbocycles. The first-order valence-electron chi connectivity index (χ1n) is 7.63. The molecule has 20 heavy (non-hydrogen) atoms. The van der Waals surface area contributed by atoms with Crippen molar-refractivity contribution in [3.8, 4) is 0 Å². The number of hydrogen-bond acceptors (Lipinski definition) is 6. The maximum Gasteiger partial charge on any atom is 0.243 e. The lowest BCUT2D eigenvalue weighted by atomic mass is 9.93. The van der Waals surface area contributed by atoms with Crippen LogP contribution in [-0.2, 0) is 15.1 Å². The van der Waals surface area contributed by atoms with Gasteiger partial charge in [0.25, 0.3) is 0 Å². The highest BCUT2D eigenvalue weighted by Crippen LogP contribution is 2.35. The topological polar surface area (TPSA) is 69.4 Å². The summed E-state index contributed by atoms with van der Waals surface area (Å²) in [7, 11) is 0. The maximum atomic E-state index is 5.97. The van der Waals surface area contributed by atoms with E-state index in [0.717, 1.165) is 25.8 Å². The fourth-order valence-electron chi connectivity index (χ4n) is 3.03. The average Bonchev–Trinajstić information content (AvgIpc) is 3.00. The Labute approximate surface area is 119 Å². The zero-order valence-corrected chi connectivity index (χ0v) is 12.1. The molecule has 0 aromatic carbocycles. The molecule has 1 aromatic heterocycles. The van der Waals surface area contributed by atoms with Gasteiger partial charge >= 0.3 is 0 Å². The molecule has 0 saturated carbocycles. The summed E-state index contributed by atoms with van der Waals surface area (Å²) in [6.07, 6.45) is 5.07. The minimum Gasteiger partial charge on any atom is -0.381 e. The van der Waals surface area contributed by atoms with Gasteiger partial charge in [0, 0.05) is 32.7 Å². The molecule has 2 aliphatic heterocycles. The molecule has 0 spiro atoms. The van der Waals surface area contributed by atoms with E-state index in [1.807, 2.05) is 6.92 Å². The Morgan fingerprint density at radius 2 is 2.20 bits per heavy atom. The Morgan fingerprint density at radius 1 is 1.35 bits per heavy atom. The van der Waals surface area contributed by atoms with Crippen molar-refractivity contribution in [3.05, 3.63) is 11.7 Å². The van der Waals surface area contributed by atoms with Gasteiger partial charge in [-0.25, -0.2) is 0 Å². The monoisotopic (exact) mass is 281 g/mol. The van der Waals surface area contributed by atoms with Crippen LogP contribution in [0.3, 0.4) is 0 Å². The number of ether oxygens (including phenoxy) is 2. The molecule has 0 unspecified atom stereocenters. The van der Waals surface area contributed by atoms with E-state index in [9.17, 15) is 0 Å². The number of nitrogens with zero attached hydrogens (tertiary/aromatic N) is 2. The normalized spacial score (nSPS) is 26.6. The van der Waals surface area contributed by atoms with Crippen molar-refractivity contribution in [2.75, 3.05) is 26.4 Å². The maximum absolute atomic E-state index is 5.97. The van der Waals surface area contributed by atoms with Crippen LogP contribution in [0.5, 0.6) is 0 Å². The van der Waals surface area contributed by atoms with Gasteiger partial charge in [0.15, 0.2) is 0 Å². The van der Waals surface area contributed by atoms with Crippen LogP contribution in [0.25, 0.3) is 0 Å². The molecule has 1 aromatic rings. The Hall–Kier alpha value is -0.980. The predicted octanol–water partition coefficient (Wildman–Crippen LogP) is 1.93. The third kappa shape index (κ3) is 2.73. The molecular weight excluding hydrogens is 258 g/mol. The molecule has 0 amide bonds. The Bertz CT molecular complexity index is 418. The van der Waals surface area contributed by atoms with Crippen LogP contribution in [0, 0.1) is 0 Å². The molecule has 0 radical (unpaired) electrons. The summed E-state index contributed by atoms with van der Waals surface area (Å²) in [6, 6.07) is 0.198. The largest absolute Gasteiger partial charge is 0.381 e. The molecule has 6 heteroatoms. The third-order valence-corrected chi connectivity index (χ3v) is 4.18. The summed E-state index contributed by atoms with van der Waals surface area (Å²) < 4.78 is 16.9. The van der Waals surface area contributed by atoms with E-state index in [-0.39, 0.29) is 6.04 Å². The van der Waals surface area contributed by atoms with E-state index in [2.05, 4.69) is 15.5 Å². The third-order valence-electron chi connectivity index (χ3n) is 4.18. The van der Waals surface area contributed by atoms with Gasteiger partial charge in [-0.15, -0.1) is 0 Å². The minimum atomic E-state index is -0.427. The van der Waals surface area contributed by atoms with Gasteiger partial charge in [-0.05, 0) is 26.3 Å². The molecule has 1 atom stereocenters. The predicted molar refractivity (Wildman–Crippen MR) is 72.2 cm³/mol. The first-order chi connectivity index (χ1) is 9.84. The number of piperidine rings is 1. The van der Waals surface area contributed by atoms with E-state index in [1.165, 1.54) is 12.8 Å². The van der Waals surface area contributed by atoms with E-state index in [1.54, 1.807) is 0 Å². The molecule has 3 heterocycles. The number of aromatic nitrogens is 2. The van der Waals surface area contributed by atoms with E-state index in [4.69, 9.17) is 14.0 Å². The first kappa shape index (κ1) is 14.0. The quantitative estimate of drug-likeness (QED) is 0.909. The Balaban J connectivity index is 1.79. The molecular formula is C14H23N3O3. The zero-order chi connectivity index (χ0) is 13.8. The van der Waals surface area contributed by atoms with Crippen LogP contribution < -0.4 is 5.32 Å². The SMILES string of the molecule is CCOC1(c2noc([C@@H]3CCCCN3)n2)CCOCC1. The summed E-state index contributed by atoms with van der Waals surface area (Å²) in [4.78, 5) is 4.63. The lowest BCUT2D eigenvalue weighted by molar-refractivity contribution is -0.118. The van der Waals surface area contributed by atoms with Crippen LogP contribution in [0.15, 0.2) is 4.52 Å². The lowest BCUT2D eigenvalue weighted by Gasteiger charge is -2.33. The molecule has 6 nitrogen and oxygen atoms in total. The zero-order valence-electron chi connectivity index (χ0n) is 12.1. The van der Waals surface area contributed by atoms with Crippen molar-refractivity contribution in [1.29, 1.82) is 0 Å². The van der Waals surface area contributed by atoms with E-state index >= 15 is 0 Å². The minimum absolute atomic E-state index is 0.198. The number of nitrogens with one attached hydrogen (secondary N) is 1. The summed E-state index contributed by atoms with van der Waals surface area (Å²) in [5.74, 6) is 1.38. The molecule has 3 rings (SSSR count). The van der Waals surface area contributed by atoms with Gasteiger partial charge in [0.05, 0.1) is 6.04 Å². The fraction of sp³-hybridized carbons (Fsp3) is 0.857. The highest BCUT2D eigenvalue weighted by atomic mass is 16.5. The first-order valence-corrected chi connectivity index (χ1v) is 7.63. The van der Waals surface area contributed by atoms with Crippen LogP contribution in [-0.4, -0.2) is 36.5 Å². The van der Waals surface area contributed by atoms with Crippen LogP contribution in [0.1, 0.15) is 56.8 Å². The average molecular weight is 281 g/mol. The summed E-state index contributed by atoms with van der Waals surface area (Å²) >= 11 is 0. The smallest absolute Gasteiger partial charge is 0.243 e. The van der Waals surface area contributed by atoms with Gasteiger partial charge in [0.2, 0.25) is 11.7 Å². The molecule has 1 N–H and O–H groups in total. The second kappa shape index (κ2) is 6.20. The highest BCUT2D eigenvalue weighted by Gasteiger charge is 2.40. The molecule has 112 valence electrons. The second-order valence-electron chi connectivity index (χ2n) is 5.50. The highest BCUT2D eigenvalue weighted by molar-refractivity contribution is 5.05. The van der Waals surface area contributed by atoms with Gasteiger partial charge in [0.1, 0.15) is 5.60 Å². The summed E-state index contributed by atoms with van der Waals surface area (Å²) in [5.41, 5.74) is -0.427. The van der Waals surface area contributed by atoms with Crippen molar-refractivity contribution in [3.63, 3.8) is 0 Å². The molecule has 2 aliphatic rings. The number of rotatable bonds is 4. The van der Waals surface area contributed by atoms with Crippen molar-refractivity contribution < 1.29 is 14.0 Å². The summed E-state index contributed by atoms with van der Waals surface area (Å²) in [6.45, 7) is 5.04. The fourth-order valence-corrected chi connectivity index (χ4v) is 3.03. The van der Waals surface area contributed by atoms with Crippen LogP contribution >= 0.6 is 0 Å². The van der Waals surface area contributed by atoms with Gasteiger partial charge < -0.3 is 19.3 Å². The van der Waals surface area contributed by atoms with E-state index in [0.29, 0.717) is 31.5 Å². The molecule has 2 fully saturated rings. The van der Waals surface area contributed by atoms with Crippen LogP contribution in [0.4, 0.5) is 0 Å². The molecule has 0 bridgehead atoms. The van der Waals surface area contributed by atoms with Crippen molar-refractivity contribution in [2.45, 2.75) is 50.7 Å². The Kier molecular flexibility index (Phi) is 4.33. The lowest BCUT2D eigenvalue weighted by Crippen LogP contribution is -2.37.